The van der Waals surface area contributed by atoms with Crippen molar-refractivity contribution in [1.29, 1.82) is 0 Å². The van der Waals surface area contributed by atoms with Gasteiger partial charge < -0.3 is 10.1 Å². The Bertz CT molecular complexity index is 887. The molecule has 8 nitrogen and oxygen atoms in total. The molecule has 23 heavy (non-hydrogen) atoms. The van der Waals surface area contributed by atoms with E-state index in [1.807, 2.05) is 0 Å². The number of anilines is 2. The van der Waals surface area contributed by atoms with Gasteiger partial charge in [0, 0.05) is 12.1 Å². The number of nitrogens with one attached hydrogen (secondary N) is 3. The molecule has 1 aromatic heterocycles. The molecule has 1 aromatic carbocycles. The van der Waals surface area contributed by atoms with Gasteiger partial charge in [-0.05, 0) is 13.8 Å². The zero-order chi connectivity index (χ0) is 16.8. The van der Waals surface area contributed by atoms with E-state index in [-0.39, 0.29) is 34.3 Å². The van der Waals surface area contributed by atoms with Crippen molar-refractivity contribution in [1.82, 2.24) is 10.2 Å². The molecule has 3 N–H and O–H groups in total. The predicted octanol–water partition coefficient (Wildman–Crippen LogP) is 1.30. The standard InChI is InChI=1S/C13H13FN4O4S/c1-6-13(7(2)17-16-6)23(20,21)18-10-4-8(14)3-9-12(10)22-5-11(19)15-9/h3-4,18H,5H2,1-2H3,(H,15,19)(H,16,17). The molecule has 122 valence electrons. The third kappa shape index (κ3) is 2.72. The number of halogens is 1. The van der Waals surface area contributed by atoms with E-state index in [1.54, 1.807) is 6.92 Å². The molecule has 2 heterocycles. The van der Waals surface area contributed by atoms with Crippen molar-refractivity contribution in [2.45, 2.75) is 18.7 Å². The summed E-state index contributed by atoms with van der Waals surface area (Å²) in [6.07, 6.45) is 0. The van der Waals surface area contributed by atoms with Crippen LogP contribution in [0.25, 0.3) is 0 Å². The largest absolute Gasteiger partial charge is 0.479 e. The number of fused-ring (bicyclic) bond motifs is 1. The number of carbonyl (C=O) groups is 1. The average molecular weight is 340 g/mol. The van der Waals surface area contributed by atoms with Crippen LogP contribution in [0.5, 0.6) is 5.75 Å². The molecular weight excluding hydrogens is 327 g/mol. The minimum Gasteiger partial charge on any atom is -0.479 e. The first-order valence-corrected chi connectivity index (χ1v) is 8.07. The van der Waals surface area contributed by atoms with Crippen molar-refractivity contribution in [3.05, 3.63) is 29.3 Å². The second kappa shape index (κ2) is 5.23. The normalized spacial score (nSPS) is 14.0. The highest BCUT2D eigenvalue weighted by Crippen LogP contribution is 2.38. The van der Waals surface area contributed by atoms with E-state index in [9.17, 15) is 17.6 Å². The summed E-state index contributed by atoms with van der Waals surface area (Å²) in [5, 5.41) is 8.84. The molecule has 1 aliphatic heterocycles. The van der Waals surface area contributed by atoms with E-state index < -0.39 is 21.7 Å². The quantitative estimate of drug-likeness (QED) is 0.779. The van der Waals surface area contributed by atoms with Crippen LogP contribution in [0.1, 0.15) is 11.4 Å². The Labute approximate surface area is 131 Å². The van der Waals surface area contributed by atoms with Crippen molar-refractivity contribution in [3.8, 4) is 5.75 Å². The maximum Gasteiger partial charge on any atom is 0.265 e. The number of benzene rings is 1. The fourth-order valence-electron chi connectivity index (χ4n) is 2.37. The van der Waals surface area contributed by atoms with Gasteiger partial charge in [-0.1, -0.05) is 0 Å². The molecule has 0 atom stereocenters. The first-order chi connectivity index (χ1) is 10.8. The predicted molar refractivity (Wildman–Crippen MR) is 79.4 cm³/mol. The van der Waals surface area contributed by atoms with E-state index in [0.717, 1.165) is 12.1 Å². The van der Waals surface area contributed by atoms with Gasteiger partial charge in [0.25, 0.3) is 15.9 Å². The number of aromatic amines is 1. The lowest BCUT2D eigenvalue weighted by Gasteiger charge is -2.21. The molecule has 10 heteroatoms. The maximum atomic E-state index is 13.7. The summed E-state index contributed by atoms with van der Waals surface area (Å²) in [7, 11) is -4.00. The fraction of sp³-hybridized carbons (Fsp3) is 0.231. The van der Waals surface area contributed by atoms with Crippen molar-refractivity contribution >= 4 is 27.3 Å². The molecule has 1 aliphatic rings. The summed E-state index contributed by atoms with van der Waals surface area (Å²) in [6.45, 7) is 2.82. The monoisotopic (exact) mass is 340 g/mol. The number of hydrogen-bond donors (Lipinski definition) is 3. The van der Waals surface area contributed by atoms with Gasteiger partial charge in [-0.15, -0.1) is 0 Å². The SMILES string of the molecule is Cc1n[nH]c(C)c1S(=O)(=O)Nc1cc(F)cc2c1OCC(=O)N2. The summed E-state index contributed by atoms with van der Waals surface area (Å²) in [5.41, 5.74) is 0.614. The van der Waals surface area contributed by atoms with Gasteiger partial charge in [-0.3, -0.25) is 14.6 Å². The zero-order valence-electron chi connectivity index (χ0n) is 12.2. The summed E-state index contributed by atoms with van der Waals surface area (Å²) < 4.78 is 46.3. The molecule has 0 spiro atoms. The van der Waals surface area contributed by atoms with Gasteiger partial charge in [0.05, 0.1) is 22.8 Å². The van der Waals surface area contributed by atoms with E-state index in [4.69, 9.17) is 4.74 Å². The first-order valence-electron chi connectivity index (χ1n) is 6.58. The van der Waals surface area contributed by atoms with Gasteiger partial charge >= 0.3 is 0 Å². The van der Waals surface area contributed by atoms with E-state index in [0.29, 0.717) is 5.69 Å². The highest BCUT2D eigenvalue weighted by Gasteiger charge is 2.27. The topological polar surface area (TPSA) is 113 Å². The van der Waals surface area contributed by atoms with E-state index >= 15 is 0 Å². The van der Waals surface area contributed by atoms with E-state index in [2.05, 4.69) is 20.2 Å². The summed E-state index contributed by atoms with van der Waals surface area (Å²) in [5.74, 6) is -1.10. The number of rotatable bonds is 3. The third-order valence-corrected chi connectivity index (χ3v) is 4.88. The zero-order valence-corrected chi connectivity index (χ0v) is 13.0. The number of sulfonamides is 1. The minimum atomic E-state index is -4.00. The molecule has 3 rings (SSSR count). The van der Waals surface area contributed by atoms with Crippen LogP contribution in [0.15, 0.2) is 17.0 Å². The van der Waals surface area contributed by atoms with Crippen molar-refractivity contribution < 1.29 is 22.3 Å². The van der Waals surface area contributed by atoms with Crippen LogP contribution in [0.4, 0.5) is 15.8 Å². The maximum absolute atomic E-state index is 13.7. The summed E-state index contributed by atoms with van der Waals surface area (Å²) in [6, 6.07) is 2.04. The molecule has 0 fully saturated rings. The number of nitrogens with zero attached hydrogens (tertiary/aromatic N) is 1. The Morgan fingerprint density at radius 2 is 2.09 bits per heavy atom. The fourth-order valence-corrected chi connectivity index (χ4v) is 3.80. The highest BCUT2D eigenvalue weighted by atomic mass is 32.2. The Morgan fingerprint density at radius 1 is 1.35 bits per heavy atom. The molecule has 0 unspecified atom stereocenters. The second-order valence-corrected chi connectivity index (χ2v) is 6.65. The van der Waals surface area contributed by atoms with Gasteiger partial charge in [-0.2, -0.15) is 5.10 Å². The number of hydrogen-bond acceptors (Lipinski definition) is 5. The van der Waals surface area contributed by atoms with Crippen LogP contribution in [-0.4, -0.2) is 31.1 Å². The molecule has 0 saturated heterocycles. The van der Waals surface area contributed by atoms with Gasteiger partial charge in [-0.25, -0.2) is 12.8 Å². The van der Waals surface area contributed by atoms with Crippen molar-refractivity contribution in [2.24, 2.45) is 0 Å². The number of amides is 1. The molecular formula is C13H13FN4O4S. The van der Waals surface area contributed by atoms with Crippen LogP contribution in [-0.2, 0) is 14.8 Å². The number of H-pyrrole nitrogens is 1. The van der Waals surface area contributed by atoms with Crippen LogP contribution in [0.2, 0.25) is 0 Å². The summed E-state index contributed by atoms with van der Waals surface area (Å²) >= 11 is 0. The Morgan fingerprint density at radius 3 is 2.74 bits per heavy atom. The molecule has 0 bridgehead atoms. The second-order valence-electron chi connectivity index (χ2n) is 5.04. The van der Waals surface area contributed by atoms with Crippen LogP contribution in [0, 0.1) is 19.7 Å². The van der Waals surface area contributed by atoms with Gasteiger partial charge in [0.2, 0.25) is 0 Å². The molecule has 0 aliphatic carbocycles. The lowest BCUT2D eigenvalue weighted by Crippen LogP contribution is -2.26. The summed E-state index contributed by atoms with van der Waals surface area (Å²) in [4.78, 5) is 11.3. The van der Waals surface area contributed by atoms with Gasteiger partial charge in [0.15, 0.2) is 12.4 Å². The van der Waals surface area contributed by atoms with Crippen LogP contribution in [0.3, 0.4) is 0 Å². The molecule has 0 radical (unpaired) electrons. The Kier molecular flexibility index (Phi) is 3.48. The smallest absolute Gasteiger partial charge is 0.265 e. The number of aromatic nitrogens is 2. The minimum absolute atomic E-state index is 0.0182. The van der Waals surface area contributed by atoms with Gasteiger partial charge in [0.1, 0.15) is 10.7 Å². The van der Waals surface area contributed by atoms with Crippen LogP contribution >= 0.6 is 0 Å². The molecule has 1 amide bonds. The average Bonchev–Trinajstić information content (AvgIpc) is 2.77. The number of aryl methyl sites for hydroxylation is 2. The van der Waals surface area contributed by atoms with E-state index in [1.165, 1.54) is 6.92 Å². The highest BCUT2D eigenvalue weighted by molar-refractivity contribution is 7.92. The Balaban J connectivity index is 2.05. The van der Waals surface area contributed by atoms with Crippen molar-refractivity contribution in [3.63, 3.8) is 0 Å². The number of ether oxygens (including phenoxy) is 1. The first kappa shape index (κ1) is 15.3. The molecule has 2 aromatic rings. The van der Waals surface area contributed by atoms with Crippen LogP contribution < -0.4 is 14.8 Å². The lowest BCUT2D eigenvalue weighted by molar-refractivity contribution is -0.118. The molecule has 0 saturated carbocycles. The lowest BCUT2D eigenvalue weighted by atomic mass is 10.2. The van der Waals surface area contributed by atoms with Crippen molar-refractivity contribution in [2.75, 3.05) is 16.6 Å². The Hall–Kier alpha value is -2.62. The third-order valence-electron chi connectivity index (χ3n) is 3.25. The number of carbonyl (C=O) groups excluding carboxylic acids is 1.